The predicted molar refractivity (Wildman–Crippen MR) is 47.6 cm³/mol. The molecule has 0 spiro atoms. The van der Waals surface area contributed by atoms with Gasteiger partial charge in [0.2, 0.25) is 0 Å². The molecule has 0 fully saturated rings. The smallest absolute Gasteiger partial charge is 0.140 e. The van der Waals surface area contributed by atoms with Gasteiger partial charge in [-0.3, -0.25) is 0 Å². The van der Waals surface area contributed by atoms with Crippen molar-refractivity contribution in [3.05, 3.63) is 29.6 Å². The van der Waals surface area contributed by atoms with Gasteiger partial charge in [-0.05, 0) is 18.6 Å². The molecule has 1 atom stereocenters. The summed E-state index contributed by atoms with van der Waals surface area (Å²) < 4.78 is 0. The van der Waals surface area contributed by atoms with Crippen molar-refractivity contribution in [3.63, 3.8) is 0 Å². The monoisotopic (exact) mass is 177 g/mol. The van der Waals surface area contributed by atoms with Gasteiger partial charge in [0.1, 0.15) is 11.8 Å². The molecule has 4 nitrogen and oxygen atoms in total. The highest BCUT2D eigenvalue weighted by atomic mass is 16.3. The molecule has 1 unspecified atom stereocenters. The van der Waals surface area contributed by atoms with Gasteiger partial charge in [-0.15, -0.1) is 0 Å². The van der Waals surface area contributed by atoms with Crippen LogP contribution in [-0.4, -0.2) is 16.7 Å². The predicted octanol–water partition coefficient (Wildman–Crippen LogP) is 0.119. The van der Waals surface area contributed by atoms with Gasteiger partial charge in [0.25, 0.3) is 0 Å². The van der Waals surface area contributed by atoms with Crippen LogP contribution >= 0.6 is 0 Å². The molecule has 3 N–H and O–H groups in total. The van der Waals surface area contributed by atoms with E-state index in [1.165, 1.54) is 6.20 Å². The zero-order valence-corrected chi connectivity index (χ0v) is 7.36. The summed E-state index contributed by atoms with van der Waals surface area (Å²) in [6.45, 7) is 1.55. The van der Waals surface area contributed by atoms with E-state index < -0.39 is 5.54 Å². The Bertz CT molecular complexity index is 324. The summed E-state index contributed by atoms with van der Waals surface area (Å²) in [7, 11) is 0. The Morgan fingerprint density at radius 2 is 2.38 bits per heavy atom. The molecule has 0 aliphatic heterocycles. The first-order valence-corrected chi connectivity index (χ1v) is 3.86. The summed E-state index contributed by atoms with van der Waals surface area (Å²) >= 11 is 0. The van der Waals surface area contributed by atoms with Gasteiger partial charge >= 0.3 is 0 Å². The van der Waals surface area contributed by atoms with Gasteiger partial charge in [-0.25, -0.2) is 4.98 Å². The van der Waals surface area contributed by atoms with Crippen LogP contribution in [0, 0.1) is 11.3 Å². The van der Waals surface area contributed by atoms with Crippen molar-refractivity contribution >= 4 is 0 Å². The zero-order valence-electron chi connectivity index (χ0n) is 7.36. The largest absolute Gasteiger partial charge is 0.394 e. The molecular formula is C9H11N3O. The van der Waals surface area contributed by atoms with E-state index in [0.717, 1.165) is 0 Å². The lowest BCUT2D eigenvalue weighted by Crippen LogP contribution is -2.37. The maximum atomic E-state index is 8.96. The number of aliphatic hydroxyl groups is 1. The van der Waals surface area contributed by atoms with Crippen LogP contribution in [0.5, 0.6) is 0 Å². The molecule has 0 aromatic carbocycles. The van der Waals surface area contributed by atoms with Crippen LogP contribution in [0.1, 0.15) is 18.2 Å². The molecule has 13 heavy (non-hydrogen) atoms. The Balaban J connectivity index is 3.00. The second kappa shape index (κ2) is 3.52. The van der Waals surface area contributed by atoms with Crippen molar-refractivity contribution in [2.45, 2.75) is 12.5 Å². The Hall–Kier alpha value is -1.44. The lowest BCUT2D eigenvalue weighted by atomic mass is 9.96. The van der Waals surface area contributed by atoms with E-state index in [2.05, 4.69) is 4.98 Å². The lowest BCUT2D eigenvalue weighted by molar-refractivity contribution is 0.210. The standard InChI is InChI=1S/C9H11N3O/c1-9(11,6-13)7-2-3-8(4-10)12-5-7/h2-3,5,13H,6,11H2,1H3. The second-order valence-electron chi connectivity index (χ2n) is 3.12. The molecule has 1 aromatic heterocycles. The molecule has 1 rings (SSSR count). The summed E-state index contributed by atoms with van der Waals surface area (Å²) in [5, 5.41) is 17.5. The van der Waals surface area contributed by atoms with E-state index in [1.807, 2.05) is 6.07 Å². The van der Waals surface area contributed by atoms with Crippen LogP contribution in [0.15, 0.2) is 18.3 Å². The second-order valence-corrected chi connectivity index (χ2v) is 3.12. The number of hydrogen-bond donors (Lipinski definition) is 2. The molecular weight excluding hydrogens is 166 g/mol. The Morgan fingerprint density at radius 1 is 1.69 bits per heavy atom. The fourth-order valence-corrected chi connectivity index (χ4v) is 0.889. The summed E-state index contributed by atoms with van der Waals surface area (Å²) in [4.78, 5) is 3.86. The molecule has 0 aliphatic carbocycles. The molecule has 0 aliphatic rings. The third-order valence-corrected chi connectivity index (χ3v) is 1.87. The van der Waals surface area contributed by atoms with E-state index >= 15 is 0 Å². The van der Waals surface area contributed by atoms with Crippen molar-refractivity contribution in [3.8, 4) is 6.07 Å². The number of nitrogens with zero attached hydrogens (tertiary/aromatic N) is 2. The molecule has 0 saturated heterocycles. The minimum absolute atomic E-state index is 0.152. The number of aliphatic hydroxyl groups excluding tert-OH is 1. The van der Waals surface area contributed by atoms with E-state index in [0.29, 0.717) is 11.3 Å². The Morgan fingerprint density at radius 3 is 2.77 bits per heavy atom. The van der Waals surface area contributed by atoms with Crippen molar-refractivity contribution in [2.75, 3.05) is 6.61 Å². The van der Waals surface area contributed by atoms with Crippen LogP contribution in [0.4, 0.5) is 0 Å². The minimum atomic E-state index is -0.791. The van der Waals surface area contributed by atoms with Crippen molar-refractivity contribution in [1.29, 1.82) is 5.26 Å². The number of rotatable bonds is 2. The maximum absolute atomic E-state index is 8.96. The third-order valence-electron chi connectivity index (χ3n) is 1.87. The topological polar surface area (TPSA) is 82.9 Å². The van der Waals surface area contributed by atoms with Crippen LogP contribution < -0.4 is 5.73 Å². The van der Waals surface area contributed by atoms with Crippen LogP contribution in [0.3, 0.4) is 0 Å². The Kier molecular flexibility index (Phi) is 2.61. The maximum Gasteiger partial charge on any atom is 0.140 e. The van der Waals surface area contributed by atoms with E-state index in [9.17, 15) is 0 Å². The fourth-order valence-electron chi connectivity index (χ4n) is 0.889. The first-order valence-electron chi connectivity index (χ1n) is 3.86. The molecule has 1 aromatic rings. The molecule has 0 saturated carbocycles. The van der Waals surface area contributed by atoms with Crippen molar-refractivity contribution in [1.82, 2.24) is 4.98 Å². The van der Waals surface area contributed by atoms with Crippen LogP contribution in [0.25, 0.3) is 0 Å². The number of nitrogens with two attached hydrogens (primary N) is 1. The molecule has 68 valence electrons. The van der Waals surface area contributed by atoms with Crippen LogP contribution in [0.2, 0.25) is 0 Å². The van der Waals surface area contributed by atoms with E-state index in [-0.39, 0.29) is 6.61 Å². The highest BCUT2D eigenvalue weighted by Crippen LogP contribution is 2.15. The summed E-state index contributed by atoms with van der Waals surface area (Å²) in [5.74, 6) is 0. The number of pyridine rings is 1. The number of hydrogen-bond acceptors (Lipinski definition) is 4. The SMILES string of the molecule is CC(N)(CO)c1ccc(C#N)nc1. The van der Waals surface area contributed by atoms with Crippen LogP contribution in [-0.2, 0) is 5.54 Å². The number of nitriles is 1. The minimum Gasteiger partial charge on any atom is -0.394 e. The normalized spacial score (nSPS) is 14.6. The molecule has 1 heterocycles. The highest BCUT2D eigenvalue weighted by Gasteiger charge is 2.19. The molecule has 0 radical (unpaired) electrons. The first kappa shape index (κ1) is 9.65. The molecule has 0 amide bonds. The van der Waals surface area contributed by atoms with Gasteiger partial charge in [0, 0.05) is 6.20 Å². The quantitative estimate of drug-likeness (QED) is 0.672. The Labute approximate surface area is 76.6 Å². The third kappa shape index (κ3) is 2.02. The zero-order chi connectivity index (χ0) is 9.90. The average molecular weight is 177 g/mol. The van der Waals surface area contributed by atoms with Crippen molar-refractivity contribution < 1.29 is 5.11 Å². The molecule has 4 heteroatoms. The van der Waals surface area contributed by atoms with Gasteiger partial charge in [0.15, 0.2) is 0 Å². The van der Waals surface area contributed by atoms with Gasteiger partial charge in [-0.2, -0.15) is 5.26 Å². The average Bonchev–Trinajstić information content (AvgIpc) is 2.18. The highest BCUT2D eigenvalue weighted by molar-refractivity contribution is 5.27. The lowest BCUT2D eigenvalue weighted by Gasteiger charge is -2.21. The number of aromatic nitrogens is 1. The summed E-state index contributed by atoms with van der Waals surface area (Å²) in [6.07, 6.45) is 1.51. The van der Waals surface area contributed by atoms with Gasteiger partial charge in [0.05, 0.1) is 12.1 Å². The van der Waals surface area contributed by atoms with Gasteiger partial charge < -0.3 is 10.8 Å². The summed E-state index contributed by atoms with van der Waals surface area (Å²) in [5.41, 5.74) is 6.03. The fraction of sp³-hybridized carbons (Fsp3) is 0.333. The van der Waals surface area contributed by atoms with Gasteiger partial charge in [-0.1, -0.05) is 6.07 Å². The van der Waals surface area contributed by atoms with E-state index in [4.69, 9.17) is 16.1 Å². The first-order chi connectivity index (χ1) is 6.10. The van der Waals surface area contributed by atoms with E-state index in [1.54, 1.807) is 19.1 Å². The van der Waals surface area contributed by atoms with Crippen molar-refractivity contribution in [2.24, 2.45) is 5.73 Å². The summed E-state index contributed by atoms with van der Waals surface area (Å²) in [6, 6.07) is 5.18. The molecule has 0 bridgehead atoms.